The van der Waals surface area contributed by atoms with Gasteiger partial charge in [-0.2, -0.15) is 0 Å². The van der Waals surface area contributed by atoms with Crippen molar-refractivity contribution < 1.29 is 0 Å². The molecule has 0 saturated heterocycles. The Kier molecular flexibility index (Phi) is 4.65. The smallest absolute Gasteiger partial charge is 0.111 e. The molecule has 0 fully saturated rings. The fraction of sp³-hybridized carbons (Fsp3) is 0.154. The van der Waals surface area contributed by atoms with Gasteiger partial charge in [0.1, 0.15) is 5.03 Å². The Morgan fingerprint density at radius 1 is 1.24 bits per heavy atom. The van der Waals surface area contributed by atoms with Gasteiger partial charge in [0, 0.05) is 16.4 Å². The third kappa shape index (κ3) is 3.83. The van der Waals surface area contributed by atoms with Crippen molar-refractivity contribution in [3.05, 3.63) is 56.6 Å². The van der Waals surface area contributed by atoms with Crippen LogP contribution in [0, 0.1) is 6.92 Å². The van der Waals surface area contributed by atoms with E-state index in [4.69, 9.17) is 0 Å². The average Bonchev–Trinajstić information content (AvgIpc) is 2.28. The number of hydrogen-bond donors (Lipinski definition) is 0. The van der Waals surface area contributed by atoms with Crippen LogP contribution >= 0.6 is 43.6 Å². The Hall–Kier alpha value is -0.320. The summed E-state index contributed by atoms with van der Waals surface area (Å²) in [4.78, 5) is 4.38. The van der Waals surface area contributed by atoms with Crippen LogP contribution in [0.1, 0.15) is 11.1 Å². The molecule has 0 atom stereocenters. The zero-order valence-corrected chi connectivity index (χ0v) is 13.3. The lowest BCUT2D eigenvalue weighted by Gasteiger charge is -2.04. The lowest BCUT2D eigenvalue weighted by Crippen LogP contribution is -1.85. The van der Waals surface area contributed by atoms with Gasteiger partial charge in [0.2, 0.25) is 0 Å². The van der Waals surface area contributed by atoms with Gasteiger partial charge < -0.3 is 0 Å². The molecule has 2 aromatic rings. The van der Waals surface area contributed by atoms with Crippen LogP contribution in [0.4, 0.5) is 0 Å². The SMILES string of the molecule is Cc1cccc(CSc2ncc(Br)cc2Br)c1. The van der Waals surface area contributed by atoms with Gasteiger partial charge in [-0.25, -0.2) is 4.98 Å². The molecule has 0 aliphatic rings. The highest BCUT2D eigenvalue weighted by Crippen LogP contribution is 2.29. The maximum atomic E-state index is 4.38. The number of thioether (sulfide) groups is 1. The molecule has 17 heavy (non-hydrogen) atoms. The number of halogens is 2. The van der Waals surface area contributed by atoms with E-state index < -0.39 is 0 Å². The fourth-order valence-corrected chi connectivity index (χ4v) is 3.60. The van der Waals surface area contributed by atoms with Crippen LogP contribution in [0.15, 0.2) is 50.5 Å². The summed E-state index contributed by atoms with van der Waals surface area (Å²) in [5, 5.41) is 1.02. The van der Waals surface area contributed by atoms with E-state index in [1.54, 1.807) is 11.8 Å². The number of aryl methyl sites for hydroxylation is 1. The van der Waals surface area contributed by atoms with Gasteiger partial charge in [0.15, 0.2) is 0 Å². The number of benzene rings is 1. The van der Waals surface area contributed by atoms with E-state index in [2.05, 4.69) is 68.0 Å². The van der Waals surface area contributed by atoms with Crippen molar-refractivity contribution in [2.75, 3.05) is 0 Å². The van der Waals surface area contributed by atoms with E-state index in [1.807, 2.05) is 12.3 Å². The number of rotatable bonds is 3. The third-order valence-corrected chi connectivity index (χ3v) is 4.61. The molecule has 2 rings (SSSR count). The molecule has 0 amide bonds. The third-order valence-electron chi connectivity index (χ3n) is 2.23. The first-order chi connectivity index (χ1) is 8.15. The molecule has 0 spiro atoms. The quantitative estimate of drug-likeness (QED) is 0.686. The maximum Gasteiger partial charge on any atom is 0.111 e. The molecule has 88 valence electrons. The minimum absolute atomic E-state index is 0.939. The maximum absolute atomic E-state index is 4.38. The Morgan fingerprint density at radius 3 is 2.76 bits per heavy atom. The van der Waals surface area contributed by atoms with Crippen LogP contribution < -0.4 is 0 Å². The van der Waals surface area contributed by atoms with Gasteiger partial charge >= 0.3 is 0 Å². The zero-order chi connectivity index (χ0) is 12.3. The van der Waals surface area contributed by atoms with Crippen LogP contribution in [-0.4, -0.2) is 4.98 Å². The Bertz CT molecular complexity index is 529. The molecule has 0 radical (unpaired) electrons. The number of pyridine rings is 1. The van der Waals surface area contributed by atoms with Gasteiger partial charge in [-0.05, 0) is 50.4 Å². The van der Waals surface area contributed by atoms with Gasteiger partial charge in [0.05, 0.1) is 4.47 Å². The molecular formula is C13H11Br2NS. The van der Waals surface area contributed by atoms with E-state index in [0.29, 0.717) is 0 Å². The highest BCUT2D eigenvalue weighted by Gasteiger charge is 2.03. The molecule has 0 aliphatic carbocycles. The first kappa shape index (κ1) is 13.1. The summed E-state index contributed by atoms with van der Waals surface area (Å²) in [6, 6.07) is 10.6. The van der Waals surface area contributed by atoms with Crippen molar-refractivity contribution in [1.82, 2.24) is 4.98 Å². The standard InChI is InChI=1S/C13H11Br2NS/c1-9-3-2-4-10(5-9)8-17-13-12(15)6-11(14)7-16-13/h2-7H,8H2,1H3. The Labute approximate surface area is 122 Å². The normalized spacial score (nSPS) is 10.5. The minimum atomic E-state index is 0.939. The highest BCUT2D eigenvalue weighted by atomic mass is 79.9. The molecule has 1 nitrogen and oxygen atoms in total. The summed E-state index contributed by atoms with van der Waals surface area (Å²) in [6.45, 7) is 2.11. The zero-order valence-electron chi connectivity index (χ0n) is 9.28. The summed E-state index contributed by atoms with van der Waals surface area (Å²) in [5.41, 5.74) is 2.62. The molecule has 0 aliphatic heterocycles. The molecule has 1 aromatic carbocycles. The van der Waals surface area contributed by atoms with Crippen LogP contribution in [0.25, 0.3) is 0 Å². The molecule has 1 heterocycles. The summed E-state index contributed by atoms with van der Waals surface area (Å²) >= 11 is 8.66. The number of aromatic nitrogens is 1. The van der Waals surface area contributed by atoms with Gasteiger partial charge in [0.25, 0.3) is 0 Å². The van der Waals surface area contributed by atoms with Crippen LogP contribution in [-0.2, 0) is 5.75 Å². The van der Waals surface area contributed by atoms with Crippen molar-refractivity contribution in [3.63, 3.8) is 0 Å². The Balaban J connectivity index is 2.07. The predicted octanol–water partition coefficient (Wildman–Crippen LogP) is 5.21. The lowest BCUT2D eigenvalue weighted by molar-refractivity contribution is 1.10. The summed E-state index contributed by atoms with van der Waals surface area (Å²) in [6.07, 6.45) is 1.82. The molecule has 0 N–H and O–H groups in total. The monoisotopic (exact) mass is 371 g/mol. The predicted molar refractivity (Wildman–Crippen MR) is 80.4 cm³/mol. The van der Waals surface area contributed by atoms with Crippen LogP contribution in [0.3, 0.4) is 0 Å². The lowest BCUT2D eigenvalue weighted by atomic mass is 10.2. The topological polar surface area (TPSA) is 12.9 Å². The molecule has 0 saturated carbocycles. The van der Waals surface area contributed by atoms with E-state index >= 15 is 0 Å². The van der Waals surface area contributed by atoms with Crippen molar-refractivity contribution in [2.24, 2.45) is 0 Å². The summed E-state index contributed by atoms with van der Waals surface area (Å²) < 4.78 is 2.02. The van der Waals surface area contributed by atoms with E-state index in [1.165, 1.54) is 11.1 Å². The number of hydrogen-bond acceptors (Lipinski definition) is 2. The second-order valence-electron chi connectivity index (χ2n) is 3.72. The molecule has 0 unspecified atom stereocenters. The average molecular weight is 373 g/mol. The highest BCUT2D eigenvalue weighted by molar-refractivity contribution is 9.11. The van der Waals surface area contributed by atoms with E-state index in [-0.39, 0.29) is 0 Å². The number of nitrogens with zero attached hydrogens (tertiary/aromatic N) is 1. The second-order valence-corrected chi connectivity index (χ2v) is 6.45. The molecule has 0 bridgehead atoms. The first-order valence-electron chi connectivity index (χ1n) is 5.14. The van der Waals surface area contributed by atoms with Crippen molar-refractivity contribution in [1.29, 1.82) is 0 Å². The van der Waals surface area contributed by atoms with Crippen LogP contribution in [0.5, 0.6) is 0 Å². The van der Waals surface area contributed by atoms with Crippen molar-refractivity contribution in [2.45, 2.75) is 17.7 Å². The molecule has 4 heteroatoms. The fourth-order valence-electron chi connectivity index (χ4n) is 1.46. The first-order valence-corrected chi connectivity index (χ1v) is 7.72. The largest absolute Gasteiger partial charge is 0.248 e. The van der Waals surface area contributed by atoms with Crippen LogP contribution in [0.2, 0.25) is 0 Å². The van der Waals surface area contributed by atoms with Gasteiger partial charge in [-0.1, -0.05) is 29.8 Å². The Morgan fingerprint density at radius 2 is 2.06 bits per heavy atom. The minimum Gasteiger partial charge on any atom is -0.248 e. The molecule has 1 aromatic heterocycles. The molecular weight excluding hydrogens is 362 g/mol. The van der Waals surface area contributed by atoms with Gasteiger partial charge in [-0.3, -0.25) is 0 Å². The van der Waals surface area contributed by atoms with E-state index in [0.717, 1.165) is 19.7 Å². The second kappa shape index (κ2) is 6.03. The van der Waals surface area contributed by atoms with Crippen molar-refractivity contribution >= 4 is 43.6 Å². The van der Waals surface area contributed by atoms with E-state index in [9.17, 15) is 0 Å². The summed E-state index contributed by atoms with van der Waals surface area (Å²) in [5.74, 6) is 0.939. The van der Waals surface area contributed by atoms with Crippen molar-refractivity contribution in [3.8, 4) is 0 Å². The van der Waals surface area contributed by atoms with Gasteiger partial charge in [-0.15, -0.1) is 11.8 Å². The summed E-state index contributed by atoms with van der Waals surface area (Å²) in [7, 11) is 0.